The average molecular weight is 862 g/mol. The van der Waals surface area contributed by atoms with Gasteiger partial charge in [0, 0.05) is 39.6 Å². The van der Waals surface area contributed by atoms with Crippen LogP contribution in [0.15, 0.2) is 96.1 Å². The van der Waals surface area contributed by atoms with Crippen molar-refractivity contribution in [3.8, 4) is 28.3 Å². The summed E-state index contributed by atoms with van der Waals surface area (Å²) in [7, 11) is 0. The molecular weight excluding hydrogens is 795 g/mol. The molecule has 4 heterocycles. The number of rotatable bonds is 3. The van der Waals surface area contributed by atoms with Crippen molar-refractivity contribution in [1.82, 2.24) is 9.55 Å². The predicted octanol–water partition coefficient (Wildman–Crippen LogP) is 15.8. The molecule has 1 aliphatic carbocycles. The lowest BCUT2D eigenvalue weighted by Crippen LogP contribution is -2.33. The minimum atomic E-state index is -0.695. The van der Waals surface area contributed by atoms with Crippen molar-refractivity contribution in [2.24, 2.45) is 4.99 Å². The fraction of sp³-hybridized carbons (Fsp3) is 0.400. The summed E-state index contributed by atoms with van der Waals surface area (Å²) < 4.78 is 16.8. The van der Waals surface area contributed by atoms with Gasteiger partial charge in [-0.2, -0.15) is 0 Å². The van der Waals surface area contributed by atoms with Gasteiger partial charge in [0.05, 0.1) is 11.2 Å². The molecule has 10 rings (SSSR count). The van der Waals surface area contributed by atoms with Gasteiger partial charge in [-0.3, -0.25) is 4.57 Å². The average Bonchev–Trinajstić information content (AvgIpc) is 3.75. The topological polar surface area (TPSA) is 48.6 Å². The van der Waals surface area contributed by atoms with Crippen LogP contribution in [0.25, 0.3) is 38.8 Å². The number of aromatic nitrogens is 2. The Morgan fingerprint density at radius 2 is 1.23 bits per heavy atom. The summed E-state index contributed by atoms with van der Waals surface area (Å²) in [5.41, 5.74) is 18.0. The van der Waals surface area contributed by atoms with E-state index in [1.54, 1.807) is 0 Å². The fourth-order valence-electron chi connectivity index (χ4n) is 10.7. The van der Waals surface area contributed by atoms with Crippen LogP contribution in [0, 0.1) is 13.8 Å². The quantitative estimate of drug-likeness (QED) is 0.178. The number of ether oxygens (including phenoxy) is 2. The third-order valence-corrected chi connectivity index (χ3v) is 14.9. The summed E-state index contributed by atoms with van der Waals surface area (Å²) in [5, 5.41) is 2.48. The largest absolute Gasteiger partial charge is 0.464 e. The summed E-state index contributed by atoms with van der Waals surface area (Å²) >= 11 is 0. The van der Waals surface area contributed by atoms with Crippen molar-refractivity contribution < 1.29 is 9.47 Å². The Balaban J connectivity index is 1.11. The second-order valence-corrected chi connectivity index (χ2v) is 24.3. The van der Waals surface area contributed by atoms with Crippen LogP contribution in [0.1, 0.15) is 171 Å². The molecule has 0 unspecified atom stereocenters. The summed E-state index contributed by atoms with van der Waals surface area (Å²) in [5.74, 6) is 2.22. The smallest absolute Gasteiger partial charge is 0.217 e. The standard InChI is InChI=1S/C60H67N3O2/c1-33-22-23-61-53-50(33)44-30-39(58(12,13)14)31-47-51(44)63(53)48-32-49(34(2)24-46(48)59(47,15)16)64-40-26-35(25-38(27-40)57(9,10)11)54-62-52-41-20-18-36(55(3,4)5)28-42(41)43-29-37(56(6,7)8)19-21-45(43)60(52,17)65-54/h18-32,52H,1-17H3/t52-,60+/m1/s1. The van der Waals surface area contributed by atoms with E-state index < -0.39 is 5.60 Å². The summed E-state index contributed by atoms with van der Waals surface area (Å²) in [6.07, 6.45) is 1.95. The molecule has 0 amide bonds. The van der Waals surface area contributed by atoms with Gasteiger partial charge in [0.15, 0.2) is 5.60 Å². The normalized spacial score (nSPS) is 18.8. The first kappa shape index (κ1) is 43.2. The first-order chi connectivity index (χ1) is 30.2. The number of pyridine rings is 1. The molecule has 7 aromatic rings. The summed E-state index contributed by atoms with van der Waals surface area (Å²) in [6, 6.07) is 32.0. The number of aliphatic imine (C=N–C) groups is 1. The molecule has 0 spiro atoms. The van der Waals surface area contributed by atoms with E-state index in [0.717, 1.165) is 39.5 Å². The number of benzene rings is 5. The Bertz CT molecular complexity index is 3200. The Morgan fingerprint density at radius 3 is 1.89 bits per heavy atom. The van der Waals surface area contributed by atoms with E-state index in [4.69, 9.17) is 19.5 Å². The molecule has 5 nitrogen and oxygen atoms in total. The van der Waals surface area contributed by atoms with Crippen LogP contribution in [0.5, 0.6) is 11.5 Å². The zero-order valence-electron chi connectivity index (χ0n) is 41.9. The molecule has 65 heavy (non-hydrogen) atoms. The highest BCUT2D eigenvalue weighted by atomic mass is 16.5. The fourth-order valence-corrected chi connectivity index (χ4v) is 10.7. The first-order valence-electron chi connectivity index (χ1n) is 23.7. The first-order valence-corrected chi connectivity index (χ1v) is 23.7. The molecule has 2 atom stereocenters. The third kappa shape index (κ3) is 6.61. The van der Waals surface area contributed by atoms with Crippen molar-refractivity contribution >= 4 is 27.8 Å². The highest BCUT2D eigenvalue weighted by molar-refractivity contribution is 6.12. The van der Waals surface area contributed by atoms with Gasteiger partial charge in [0.1, 0.15) is 23.2 Å². The van der Waals surface area contributed by atoms with Gasteiger partial charge in [-0.15, -0.1) is 0 Å². The van der Waals surface area contributed by atoms with Crippen LogP contribution in [0.2, 0.25) is 0 Å². The second-order valence-electron chi connectivity index (χ2n) is 24.3. The van der Waals surface area contributed by atoms with Gasteiger partial charge < -0.3 is 9.47 Å². The van der Waals surface area contributed by atoms with Crippen molar-refractivity contribution in [2.75, 3.05) is 0 Å². The van der Waals surface area contributed by atoms with Crippen LogP contribution < -0.4 is 4.74 Å². The number of aryl methyl sites for hydroxylation is 2. The molecule has 2 aliphatic heterocycles. The lowest BCUT2D eigenvalue weighted by atomic mass is 9.70. The number of hydrogen-bond acceptors (Lipinski definition) is 4. The highest BCUT2D eigenvalue weighted by Gasteiger charge is 2.51. The molecule has 0 saturated carbocycles. The monoisotopic (exact) mass is 862 g/mol. The van der Waals surface area contributed by atoms with Gasteiger partial charge >= 0.3 is 0 Å². The van der Waals surface area contributed by atoms with Crippen molar-refractivity contribution in [3.63, 3.8) is 0 Å². The summed E-state index contributed by atoms with van der Waals surface area (Å²) in [4.78, 5) is 10.6. The molecule has 0 fully saturated rings. The lowest BCUT2D eigenvalue weighted by molar-refractivity contribution is 0.0726. The van der Waals surface area contributed by atoms with E-state index in [2.05, 4.69) is 207 Å². The lowest BCUT2D eigenvalue weighted by Gasteiger charge is -2.38. The van der Waals surface area contributed by atoms with Crippen molar-refractivity contribution in [2.45, 2.75) is 156 Å². The molecular formula is C60H67N3O2. The molecule has 0 N–H and O–H groups in total. The van der Waals surface area contributed by atoms with E-state index in [1.807, 2.05) is 6.20 Å². The Kier molecular flexibility index (Phi) is 9.10. The zero-order valence-corrected chi connectivity index (χ0v) is 41.9. The van der Waals surface area contributed by atoms with Crippen LogP contribution >= 0.6 is 0 Å². The van der Waals surface area contributed by atoms with Gasteiger partial charge in [-0.1, -0.05) is 139 Å². The Hall–Kier alpha value is -5.68. The predicted molar refractivity (Wildman–Crippen MR) is 271 cm³/mol. The third-order valence-electron chi connectivity index (χ3n) is 14.9. The zero-order chi connectivity index (χ0) is 46.7. The second kappa shape index (κ2) is 13.7. The van der Waals surface area contributed by atoms with Gasteiger partial charge in [-0.25, -0.2) is 9.98 Å². The SMILES string of the molecule is Cc1cc2c(cc1Oc1cc(C3=N[C@@H]4c5ccc(C(C)(C)C)cc5-c5cc(C(C)(C)C)ccc5[C@]4(C)O3)cc(C(C)(C)C)c1)-n1c3nccc(C)c3c3cc(C(C)(C)C)cc(c31)C2(C)C. The Labute approximate surface area is 387 Å². The maximum Gasteiger partial charge on any atom is 0.217 e. The molecule has 2 aromatic heterocycles. The van der Waals surface area contributed by atoms with E-state index in [1.165, 1.54) is 71.9 Å². The van der Waals surface area contributed by atoms with Crippen LogP contribution in [0.4, 0.5) is 0 Å². The number of fused-ring (bicyclic) bond motifs is 11. The molecule has 5 heteroatoms. The van der Waals surface area contributed by atoms with Crippen LogP contribution in [-0.2, 0) is 37.4 Å². The minimum Gasteiger partial charge on any atom is -0.464 e. The molecule has 334 valence electrons. The number of hydrogen-bond donors (Lipinski definition) is 0. The molecule has 0 saturated heterocycles. The van der Waals surface area contributed by atoms with E-state index in [9.17, 15) is 0 Å². The maximum atomic E-state index is 7.26. The van der Waals surface area contributed by atoms with Crippen molar-refractivity contribution in [3.05, 3.63) is 152 Å². The molecule has 0 radical (unpaired) electrons. The van der Waals surface area contributed by atoms with Gasteiger partial charge in [-0.05, 0) is 140 Å². The van der Waals surface area contributed by atoms with Crippen molar-refractivity contribution in [1.29, 1.82) is 0 Å². The van der Waals surface area contributed by atoms with E-state index in [0.29, 0.717) is 5.90 Å². The molecule has 3 aliphatic rings. The van der Waals surface area contributed by atoms with Gasteiger partial charge in [0.25, 0.3) is 0 Å². The molecule has 5 aromatic carbocycles. The van der Waals surface area contributed by atoms with E-state index >= 15 is 0 Å². The van der Waals surface area contributed by atoms with E-state index in [-0.39, 0.29) is 33.1 Å². The van der Waals surface area contributed by atoms with Crippen LogP contribution in [-0.4, -0.2) is 15.4 Å². The highest BCUT2D eigenvalue weighted by Crippen LogP contribution is 2.57. The summed E-state index contributed by atoms with van der Waals surface area (Å²) in [6.45, 7) is 38.8. The van der Waals surface area contributed by atoms with Crippen LogP contribution in [0.3, 0.4) is 0 Å². The number of nitrogens with zero attached hydrogens (tertiary/aromatic N) is 3. The molecule has 0 bridgehead atoms. The van der Waals surface area contributed by atoms with Gasteiger partial charge in [0.2, 0.25) is 5.90 Å². The minimum absolute atomic E-state index is 0.00165. The maximum absolute atomic E-state index is 7.26. The Morgan fingerprint density at radius 1 is 0.600 bits per heavy atom.